The van der Waals surface area contributed by atoms with Crippen molar-refractivity contribution in [2.24, 2.45) is 7.05 Å². The molecule has 0 fully saturated rings. The van der Waals surface area contributed by atoms with E-state index in [0.29, 0.717) is 5.56 Å². The molecular weight excluding hydrogens is 299 g/mol. The molecule has 1 nitrogen and oxygen atoms in total. The fourth-order valence-corrected chi connectivity index (χ4v) is 2.63. The van der Waals surface area contributed by atoms with E-state index in [1.165, 1.54) is 12.1 Å². The van der Waals surface area contributed by atoms with Crippen LogP contribution < -0.4 is 0 Å². The summed E-state index contributed by atoms with van der Waals surface area (Å²) in [5.41, 5.74) is 2.92. The molecule has 0 saturated carbocycles. The molecule has 0 aliphatic heterocycles. The summed E-state index contributed by atoms with van der Waals surface area (Å²) >= 11 is 0. The highest BCUT2D eigenvalue weighted by atomic mass is 19.4. The number of aryl methyl sites for hydroxylation is 2. The van der Waals surface area contributed by atoms with E-state index in [-0.39, 0.29) is 0 Å². The monoisotopic (exact) mass is 313 g/mol. The van der Waals surface area contributed by atoms with Crippen molar-refractivity contribution in [3.63, 3.8) is 0 Å². The van der Waals surface area contributed by atoms with Crippen LogP contribution in [0.3, 0.4) is 0 Å². The number of aromatic nitrogens is 1. The van der Waals surface area contributed by atoms with E-state index in [1.54, 1.807) is 0 Å². The highest BCUT2D eigenvalue weighted by Crippen LogP contribution is 2.29. The second kappa shape index (κ2) is 5.51. The Kier molecular flexibility index (Phi) is 3.65. The second-order valence-corrected chi connectivity index (χ2v) is 5.37. The molecule has 0 atom stereocenters. The van der Waals surface area contributed by atoms with Crippen molar-refractivity contribution in [1.29, 1.82) is 0 Å². The van der Waals surface area contributed by atoms with E-state index in [2.05, 4.69) is 11.8 Å². The van der Waals surface area contributed by atoms with Gasteiger partial charge in [-0.05, 0) is 48.7 Å². The van der Waals surface area contributed by atoms with Crippen molar-refractivity contribution in [3.05, 3.63) is 70.9 Å². The maximum absolute atomic E-state index is 12.6. The largest absolute Gasteiger partial charge is 0.416 e. The molecule has 3 rings (SSSR count). The minimum absolute atomic E-state index is 0.558. The van der Waals surface area contributed by atoms with Gasteiger partial charge in [-0.15, -0.1) is 0 Å². The predicted octanol–water partition coefficient (Wildman–Crippen LogP) is 4.91. The van der Waals surface area contributed by atoms with E-state index in [0.717, 1.165) is 34.3 Å². The first-order valence-corrected chi connectivity index (χ1v) is 7.11. The lowest BCUT2D eigenvalue weighted by molar-refractivity contribution is -0.137. The number of hydrogen-bond donors (Lipinski definition) is 0. The number of fused-ring (bicyclic) bond motifs is 1. The van der Waals surface area contributed by atoms with E-state index in [1.807, 2.05) is 42.8 Å². The quantitative estimate of drug-likeness (QED) is 0.520. The summed E-state index contributed by atoms with van der Waals surface area (Å²) in [6.45, 7) is 2.00. The topological polar surface area (TPSA) is 4.93 Å². The Morgan fingerprint density at radius 3 is 2.17 bits per heavy atom. The van der Waals surface area contributed by atoms with E-state index >= 15 is 0 Å². The Bertz CT molecular complexity index is 880. The average molecular weight is 313 g/mol. The molecule has 23 heavy (non-hydrogen) atoms. The number of halogens is 3. The first-order valence-electron chi connectivity index (χ1n) is 7.11. The molecule has 0 aliphatic rings. The highest BCUT2D eigenvalue weighted by molar-refractivity contribution is 5.86. The summed E-state index contributed by atoms with van der Waals surface area (Å²) < 4.78 is 39.7. The van der Waals surface area contributed by atoms with Gasteiger partial charge in [-0.1, -0.05) is 24.1 Å². The number of para-hydroxylation sites is 1. The Morgan fingerprint density at radius 1 is 0.913 bits per heavy atom. The summed E-state index contributed by atoms with van der Waals surface area (Å²) in [5, 5.41) is 1.13. The van der Waals surface area contributed by atoms with Gasteiger partial charge < -0.3 is 4.57 Å². The zero-order valence-corrected chi connectivity index (χ0v) is 12.7. The van der Waals surface area contributed by atoms with Crippen molar-refractivity contribution in [2.45, 2.75) is 13.1 Å². The molecule has 0 aliphatic carbocycles. The van der Waals surface area contributed by atoms with E-state index < -0.39 is 11.7 Å². The molecule has 0 saturated heterocycles. The Morgan fingerprint density at radius 2 is 1.57 bits per heavy atom. The fraction of sp³-hybridized carbons (Fsp3) is 0.158. The molecule has 0 bridgehead atoms. The Labute approximate surface area is 132 Å². The third kappa shape index (κ3) is 2.83. The van der Waals surface area contributed by atoms with Gasteiger partial charge in [0.05, 0.1) is 11.3 Å². The van der Waals surface area contributed by atoms with Crippen LogP contribution in [0.4, 0.5) is 13.2 Å². The molecule has 1 heterocycles. The van der Waals surface area contributed by atoms with Crippen LogP contribution in [0.1, 0.15) is 22.4 Å². The van der Waals surface area contributed by atoms with Crippen molar-refractivity contribution in [3.8, 4) is 11.8 Å². The predicted molar refractivity (Wildman–Crippen MR) is 85.1 cm³/mol. The zero-order chi connectivity index (χ0) is 16.6. The van der Waals surface area contributed by atoms with Gasteiger partial charge in [0.15, 0.2) is 0 Å². The van der Waals surface area contributed by atoms with Gasteiger partial charge in [0.2, 0.25) is 0 Å². The van der Waals surface area contributed by atoms with Crippen LogP contribution in [-0.2, 0) is 13.2 Å². The van der Waals surface area contributed by atoms with Gasteiger partial charge in [0.25, 0.3) is 0 Å². The molecule has 4 heteroatoms. The van der Waals surface area contributed by atoms with Crippen LogP contribution in [0.2, 0.25) is 0 Å². The summed E-state index contributed by atoms with van der Waals surface area (Å²) in [6.07, 6.45) is -4.32. The maximum atomic E-state index is 12.6. The van der Waals surface area contributed by atoms with Gasteiger partial charge in [-0.3, -0.25) is 0 Å². The summed E-state index contributed by atoms with van der Waals surface area (Å²) in [7, 11) is 1.94. The number of alkyl halides is 3. The molecule has 1 aromatic heterocycles. The number of nitrogens with zero attached hydrogens (tertiary/aromatic N) is 1. The number of rotatable bonds is 0. The minimum atomic E-state index is -4.32. The fourth-order valence-electron chi connectivity index (χ4n) is 2.63. The van der Waals surface area contributed by atoms with Crippen LogP contribution >= 0.6 is 0 Å². The third-order valence-electron chi connectivity index (χ3n) is 3.90. The first kappa shape index (κ1) is 15.2. The van der Waals surface area contributed by atoms with Gasteiger partial charge in [-0.2, -0.15) is 13.2 Å². The molecule has 116 valence electrons. The summed E-state index contributed by atoms with van der Waals surface area (Å²) in [6, 6.07) is 12.9. The second-order valence-electron chi connectivity index (χ2n) is 5.37. The van der Waals surface area contributed by atoms with Crippen LogP contribution in [0.25, 0.3) is 10.9 Å². The lowest BCUT2D eigenvalue weighted by Crippen LogP contribution is -2.04. The van der Waals surface area contributed by atoms with Crippen molar-refractivity contribution >= 4 is 10.9 Å². The van der Waals surface area contributed by atoms with Gasteiger partial charge in [0, 0.05) is 23.5 Å². The van der Waals surface area contributed by atoms with Crippen LogP contribution in [0.5, 0.6) is 0 Å². The lowest BCUT2D eigenvalue weighted by atomic mass is 10.1. The molecule has 0 amide bonds. The summed E-state index contributed by atoms with van der Waals surface area (Å²) in [5.74, 6) is 6.02. The minimum Gasteiger partial charge on any atom is -0.337 e. The maximum Gasteiger partial charge on any atom is 0.416 e. The summed E-state index contributed by atoms with van der Waals surface area (Å²) in [4.78, 5) is 0. The molecule has 0 radical (unpaired) electrons. The molecule has 0 unspecified atom stereocenters. The van der Waals surface area contributed by atoms with E-state index in [4.69, 9.17) is 0 Å². The van der Waals surface area contributed by atoms with E-state index in [9.17, 15) is 13.2 Å². The Hall–Kier alpha value is -2.67. The van der Waals surface area contributed by atoms with Gasteiger partial charge >= 0.3 is 6.18 Å². The van der Waals surface area contributed by atoms with Crippen LogP contribution in [-0.4, -0.2) is 4.57 Å². The van der Waals surface area contributed by atoms with Crippen molar-refractivity contribution in [1.82, 2.24) is 4.57 Å². The van der Waals surface area contributed by atoms with Crippen LogP contribution in [0, 0.1) is 18.8 Å². The Balaban J connectivity index is 1.99. The molecule has 0 spiro atoms. The highest BCUT2D eigenvalue weighted by Gasteiger charge is 2.29. The zero-order valence-electron chi connectivity index (χ0n) is 12.7. The molecule has 3 aromatic rings. The SMILES string of the molecule is Cc1c(C#Cc2ccc(C(F)(F)F)cc2)n(C)c2ccccc12. The first-order chi connectivity index (χ1) is 10.9. The normalized spacial score (nSPS) is 11.3. The smallest absolute Gasteiger partial charge is 0.337 e. The van der Waals surface area contributed by atoms with Crippen LogP contribution in [0.15, 0.2) is 48.5 Å². The molecule has 2 aromatic carbocycles. The third-order valence-corrected chi connectivity index (χ3v) is 3.90. The number of hydrogen-bond acceptors (Lipinski definition) is 0. The van der Waals surface area contributed by atoms with Gasteiger partial charge in [0.1, 0.15) is 0 Å². The molecular formula is C19H14F3N. The standard InChI is InChI=1S/C19H14F3N/c1-13-16-5-3-4-6-18(16)23(2)17(13)12-9-14-7-10-15(11-8-14)19(20,21)22/h3-8,10-11H,1-2H3. The molecule has 0 N–H and O–H groups in total. The average Bonchev–Trinajstić information content (AvgIpc) is 2.77. The lowest BCUT2D eigenvalue weighted by Gasteiger charge is -2.05. The van der Waals surface area contributed by atoms with Crippen molar-refractivity contribution < 1.29 is 13.2 Å². The van der Waals surface area contributed by atoms with Crippen molar-refractivity contribution in [2.75, 3.05) is 0 Å². The number of benzene rings is 2. The van der Waals surface area contributed by atoms with Gasteiger partial charge in [-0.25, -0.2) is 0 Å².